The normalized spacial score (nSPS) is 10.9. The van der Waals surface area contributed by atoms with Gasteiger partial charge in [-0.25, -0.2) is 4.98 Å². The first-order valence-electron chi connectivity index (χ1n) is 7.20. The molecule has 0 bridgehead atoms. The molecule has 2 aromatic carbocycles. The van der Waals surface area contributed by atoms with Gasteiger partial charge < -0.3 is 9.73 Å². The Labute approximate surface area is 146 Å². The summed E-state index contributed by atoms with van der Waals surface area (Å²) < 4.78 is 5.74. The van der Waals surface area contributed by atoms with Gasteiger partial charge in [-0.2, -0.15) is 0 Å². The monoisotopic (exact) mass is 354 g/mol. The molecule has 0 spiro atoms. The van der Waals surface area contributed by atoms with Crippen LogP contribution in [0.1, 0.15) is 10.4 Å². The van der Waals surface area contributed by atoms with Gasteiger partial charge in [0, 0.05) is 16.3 Å². The molecule has 1 amide bonds. The number of benzene rings is 2. The summed E-state index contributed by atoms with van der Waals surface area (Å²) >= 11 is 7.49. The average molecular weight is 355 g/mol. The summed E-state index contributed by atoms with van der Waals surface area (Å²) in [4.78, 5) is 17.7. The van der Waals surface area contributed by atoms with Crippen LogP contribution >= 0.6 is 22.9 Å². The zero-order valence-corrected chi connectivity index (χ0v) is 13.9. The van der Waals surface area contributed by atoms with Crippen molar-refractivity contribution in [2.45, 2.75) is 0 Å². The van der Waals surface area contributed by atoms with Gasteiger partial charge in [0.2, 0.25) is 5.89 Å². The van der Waals surface area contributed by atoms with Crippen molar-refractivity contribution in [1.82, 2.24) is 4.98 Å². The fraction of sp³-hybridized carbons (Fsp3) is 0. The van der Waals surface area contributed by atoms with E-state index in [4.69, 9.17) is 16.0 Å². The van der Waals surface area contributed by atoms with E-state index in [-0.39, 0.29) is 5.91 Å². The Morgan fingerprint density at radius 3 is 2.83 bits per heavy atom. The van der Waals surface area contributed by atoms with E-state index in [1.165, 1.54) is 0 Å². The maximum atomic E-state index is 12.3. The molecule has 4 nitrogen and oxygen atoms in total. The Morgan fingerprint density at radius 1 is 1.12 bits per heavy atom. The number of carbonyl (C=O) groups excluding carboxylic acids is 1. The first kappa shape index (κ1) is 14.9. The molecule has 0 aliphatic rings. The van der Waals surface area contributed by atoms with E-state index in [1.54, 1.807) is 53.8 Å². The quantitative estimate of drug-likeness (QED) is 0.531. The summed E-state index contributed by atoms with van der Waals surface area (Å²) in [7, 11) is 0. The molecule has 0 atom stereocenters. The molecule has 0 radical (unpaired) electrons. The topological polar surface area (TPSA) is 55.1 Å². The minimum Gasteiger partial charge on any atom is -0.435 e. The molecule has 0 fully saturated rings. The molecule has 0 aliphatic heterocycles. The molecule has 118 valence electrons. The summed E-state index contributed by atoms with van der Waals surface area (Å²) in [5, 5.41) is 5.34. The molecule has 6 heteroatoms. The third kappa shape index (κ3) is 2.91. The number of amides is 1. The number of halogens is 1. The number of carbonyl (C=O) groups is 1. The van der Waals surface area contributed by atoms with E-state index in [2.05, 4.69) is 10.3 Å². The van der Waals surface area contributed by atoms with Crippen molar-refractivity contribution in [2.24, 2.45) is 0 Å². The van der Waals surface area contributed by atoms with E-state index in [1.807, 2.05) is 17.5 Å². The molecule has 0 aliphatic carbocycles. The zero-order chi connectivity index (χ0) is 16.5. The lowest BCUT2D eigenvalue weighted by Gasteiger charge is -2.05. The largest absolute Gasteiger partial charge is 0.435 e. The fourth-order valence-corrected chi connectivity index (χ4v) is 3.18. The van der Waals surface area contributed by atoms with Crippen LogP contribution in [0, 0.1) is 0 Å². The van der Waals surface area contributed by atoms with Crippen LogP contribution in [0.2, 0.25) is 5.02 Å². The smallest absolute Gasteiger partial charge is 0.255 e. The van der Waals surface area contributed by atoms with Gasteiger partial charge in [0.05, 0.1) is 4.88 Å². The van der Waals surface area contributed by atoms with E-state index in [0.29, 0.717) is 33.3 Å². The van der Waals surface area contributed by atoms with Gasteiger partial charge in [0.1, 0.15) is 5.52 Å². The van der Waals surface area contributed by atoms with Crippen LogP contribution in [-0.2, 0) is 0 Å². The molecule has 1 N–H and O–H groups in total. The first-order chi connectivity index (χ1) is 11.7. The third-order valence-corrected chi connectivity index (χ3v) is 4.56. The van der Waals surface area contributed by atoms with Gasteiger partial charge >= 0.3 is 0 Å². The molecule has 0 saturated carbocycles. The second kappa shape index (κ2) is 6.11. The van der Waals surface area contributed by atoms with Crippen LogP contribution in [0.4, 0.5) is 5.69 Å². The minimum atomic E-state index is -0.223. The Bertz CT molecular complexity index is 1020. The number of rotatable bonds is 3. The lowest BCUT2D eigenvalue weighted by atomic mass is 10.2. The number of thiophene rings is 1. The van der Waals surface area contributed by atoms with Crippen molar-refractivity contribution < 1.29 is 9.21 Å². The number of anilines is 1. The predicted molar refractivity (Wildman–Crippen MR) is 96.7 cm³/mol. The number of aromatic nitrogens is 1. The third-order valence-electron chi connectivity index (χ3n) is 3.46. The number of oxazole rings is 1. The summed E-state index contributed by atoms with van der Waals surface area (Å²) in [5.74, 6) is 0.358. The lowest BCUT2D eigenvalue weighted by Crippen LogP contribution is -2.11. The summed E-state index contributed by atoms with van der Waals surface area (Å²) in [6.45, 7) is 0. The van der Waals surface area contributed by atoms with Crippen molar-refractivity contribution in [3.05, 3.63) is 70.6 Å². The molecule has 4 aromatic rings. The van der Waals surface area contributed by atoms with Crippen molar-refractivity contribution >= 4 is 45.6 Å². The van der Waals surface area contributed by atoms with Crippen molar-refractivity contribution in [1.29, 1.82) is 0 Å². The number of nitrogens with zero attached hydrogens (tertiary/aromatic N) is 1. The Morgan fingerprint density at radius 2 is 2.04 bits per heavy atom. The molecular formula is C18H11ClN2O2S. The van der Waals surface area contributed by atoms with Crippen LogP contribution < -0.4 is 5.32 Å². The highest BCUT2D eigenvalue weighted by Gasteiger charge is 2.11. The van der Waals surface area contributed by atoms with Gasteiger partial charge in [0.25, 0.3) is 5.91 Å². The number of hydrogen-bond donors (Lipinski definition) is 1. The van der Waals surface area contributed by atoms with Crippen LogP contribution in [0.5, 0.6) is 0 Å². The lowest BCUT2D eigenvalue weighted by molar-refractivity contribution is 0.102. The predicted octanol–water partition coefficient (Wildman–Crippen LogP) is 5.46. The summed E-state index contributed by atoms with van der Waals surface area (Å²) in [5.41, 5.74) is 2.53. The maximum absolute atomic E-state index is 12.3. The van der Waals surface area contributed by atoms with E-state index < -0.39 is 0 Å². The van der Waals surface area contributed by atoms with Crippen molar-refractivity contribution in [3.8, 4) is 10.8 Å². The molecular weight excluding hydrogens is 344 g/mol. The van der Waals surface area contributed by atoms with E-state index in [0.717, 1.165) is 4.88 Å². The van der Waals surface area contributed by atoms with Gasteiger partial charge in [-0.3, -0.25) is 4.79 Å². The summed E-state index contributed by atoms with van der Waals surface area (Å²) in [6, 6.07) is 16.1. The zero-order valence-electron chi connectivity index (χ0n) is 12.3. The van der Waals surface area contributed by atoms with E-state index in [9.17, 15) is 4.79 Å². The maximum Gasteiger partial charge on any atom is 0.255 e. The van der Waals surface area contributed by atoms with Gasteiger partial charge in [-0.05, 0) is 47.8 Å². The van der Waals surface area contributed by atoms with Crippen molar-refractivity contribution in [3.63, 3.8) is 0 Å². The van der Waals surface area contributed by atoms with Gasteiger partial charge in [0.15, 0.2) is 5.58 Å². The van der Waals surface area contributed by atoms with Crippen LogP contribution in [0.3, 0.4) is 0 Å². The van der Waals surface area contributed by atoms with Crippen LogP contribution in [-0.4, -0.2) is 10.9 Å². The average Bonchev–Trinajstić information content (AvgIpc) is 3.23. The number of fused-ring (bicyclic) bond motifs is 1. The second-order valence-electron chi connectivity index (χ2n) is 5.14. The Balaban J connectivity index is 1.62. The standard InChI is InChI=1S/C18H11ClN2O2S/c19-12-4-1-3-11(9-12)17(22)20-13-6-7-15-14(10-13)21-18(23-15)16-5-2-8-24-16/h1-10H,(H,20,22). The van der Waals surface area contributed by atoms with Gasteiger partial charge in [-0.1, -0.05) is 23.7 Å². The molecule has 0 unspecified atom stereocenters. The number of hydrogen-bond acceptors (Lipinski definition) is 4. The minimum absolute atomic E-state index is 0.223. The first-order valence-corrected chi connectivity index (χ1v) is 8.46. The van der Waals surface area contributed by atoms with Crippen molar-refractivity contribution in [2.75, 3.05) is 5.32 Å². The van der Waals surface area contributed by atoms with E-state index >= 15 is 0 Å². The van der Waals surface area contributed by atoms with Gasteiger partial charge in [-0.15, -0.1) is 11.3 Å². The highest BCUT2D eigenvalue weighted by Crippen LogP contribution is 2.29. The van der Waals surface area contributed by atoms with Crippen LogP contribution in [0.15, 0.2) is 64.4 Å². The molecule has 0 saturated heterocycles. The second-order valence-corrected chi connectivity index (χ2v) is 6.53. The SMILES string of the molecule is O=C(Nc1ccc2oc(-c3cccs3)nc2c1)c1cccc(Cl)c1. The molecule has 2 heterocycles. The Kier molecular flexibility index (Phi) is 3.80. The summed E-state index contributed by atoms with van der Waals surface area (Å²) in [6.07, 6.45) is 0. The van der Waals surface area contributed by atoms with Crippen LogP contribution in [0.25, 0.3) is 21.9 Å². The molecule has 4 rings (SSSR count). The fourth-order valence-electron chi connectivity index (χ4n) is 2.34. The molecule has 2 aromatic heterocycles. The highest BCUT2D eigenvalue weighted by atomic mass is 35.5. The Hall–Kier alpha value is -2.63. The number of nitrogens with one attached hydrogen (secondary N) is 1. The highest BCUT2D eigenvalue weighted by molar-refractivity contribution is 7.13. The molecule has 24 heavy (non-hydrogen) atoms.